The van der Waals surface area contributed by atoms with E-state index in [9.17, 15) is 9.59 Å². The highest BCUT2D eigenvalue weighted by atomic mass is 16.4. The molecule has 1 saturated heterocycles. The summed E-state index contributed by atoms with van der Waals surface area (Å²) in [6.45, 7) is 5.56. The van der Waals surface area contributed by atoms with E-state index in [1.54, 1.807) is 0 Å². The van der Waals surface area contributed by atoms with E-state index in [1.165, 1.54) is 4.90 Å². The van der Waals surface area contributed by atoms with Gasteiger partial charge < -0.3 is 10.0 Å². The van der Waals surface area contributed by atoms with Crippen LogP contribution in [0, 0.1) is 11.8 Å². The molecule has 13 heavy (non-hydrogen) atoms. The highest BCUT2D eigenvalue weighted by molar-refractivity contribution is 5.85. The molecule has 0 spiro atoms. The zero-order valence-corrected chi connectivity index (χ0v) is 8.15. The fourth-order valence-electron chi connectivity index (χ4n) is 1.76. The number of carbonyl (C=O) groups excluding carboxylic acids is 1. The summed E-state index contributed by atoms with van der Waals surface area (Å²) in [5.41, 5.74) is 0. The summed E-state index contributed by atoms with van der Waals surface area (Å²) in [6, 6.07) is 0.0404. The normalized spacial score (nSPS) is 33.9. The van der Waals surface area contributed by atoms with Gasteiger partial charge in [0, 0.05) is 12.0 Å². The first-order valence-corrected chi connectivity index (χ1v) is 4.47. The molecule has 1 aliphatic heterocycles. The monoisotopic (exact) mass is 185 g/mol. The smallest absolute Gasteiger partial charge is 0.323 e. The van der Waals surface area contributed by atoms with Gasteiger partial charge in [-0.15, -0.1) is 0 Å². The molecule has 0 aliphatic carbocycles. The highest BCUT2D eigenvalue weighted by Crippen LogP contribution is 2.29. The van der Waals surface area contributed by atoms with Crippen molar-refractivity contribution >= 4 is 11.9 Å². The van der Waals surface area contributed by atoms with Gasteiger partial charge in [-0.1, -0.05) is 13.8 Å². The molecule has 4 heteroatoms. The van der Waals surface area contributed by atoms with Gasteiger partial charge >= 0.3 is 5.97 Å². The minimum atomic E-state index is -0.943. The van der Waals surface area contributed by atoms with Crippen molar-refractivity contribution in [1.29, 1.82) is 0 Å². The molecule has 0 aromatic heterocycles. The van der Waals surface area contributed by atoms with Gasteiger partial charge in [0.25, 0.3) is 0 Å². The zero-order chi connectivity index (χ0) is 10.2. The van der Waals surface area contributed by atoms with E-state index >= 15 is 0 Å². The van der Waals surface area contributed by atoms with Crippen molar-refractivity contribution in [3.8, 4) is 0 Å². The van der Waals surface area contributed by atoms with E-state index in [2.05, 4.69) is 0 Å². The minimum absolute atomic E-state index is 0.0394. The summed E-state index contributed by atoms with van der Waals surface area (Å²) in [4.78, 5) is 23.4. The van der Waals surface area contributed by atoms with Gasteiger partial charge in [0.05, 0.1) is 0 Å². The van der Waals surface area contributed by atoms with Crippen molar-refractivity contribution in [2.45, 2.75) is 26.8 Å². The second-order valence-electron chi connectivity index (χ2n) is 3.75. The summed E-state index contributed by atoms with van der Waals surface area (Å²) in [6.07, 6.45) is 0. The summed E-state index contributed by atoms with van der Waals surface area (Å²) < 4.78 is 0. The Bertz CT molecular complexity index is 239. The predicted octanol–water partition coefficient (Wildman–Crippen LogP) is 0.574. The van der Waals surface area contributed by atoms with Crippen LogP contribution in [0.1, 0.15) is 20.8 Å². The standard InChI is InChI=1S/C9H15NO3/c1-5-6(2)9(13)10(7(5)3)4-8(11)12/h5-7H,4H2,1-3H3,(H,11,12). The Hall–Kier alpha value is -1.06. The third kappa shape index (κ3) is 1.66. The average molecular weight is 185 g/mol. The van der Waals surface area contributed by atoms with E-state index in [0.29, 0.717) is 0 Å². The van der Waals surface area contributed by atoms with E-state index < -0.39 is 5.97 Å². The van der Waals surface area contributed by atoms with Crippen LogP contribution < -0.4 is 0 Å². The van der Waals surface area contributed by atoms with Crippen LogP contribution in [0.5, 0.6) is 0 Å². The van der Waals surface area contributed by atoms with E-state index in [0.717, 1.165) is 0 Å². The molecular weight excluding hydrogens is 170 g/mol. The number of amides is 1. The third-order valence-electron chi connectivity index (χ3n) is 3.02. The number of carboxylic acids is 1. The Morgan fingerprint density at radius 2 is 2.00 bits per heavy atom. The molecule has 0 aromatic rings. The Morgan fingerprint density at radius 3 is 2.31 bits per heavy atom. The number of carbonyl (C=O) groups is 2. The lowest BCUT2D eigenvalue weighted by molar-refractivity contribution is -0.144. The molecule has 4 nitrogen and oxygen atoms in total. The Kier molecular flexibility index (Phi) is 2.59. The molecule has 3 unspecified atom stereocenters. The number of hydrogen-bond donors (Lipinski definition) is 1. The van der Waals surface area contributed by atoms with Gasteiger partial charge in [0.15, 0.2) is 0 Å². The van der Waals surface area contributed by atoms with Crippen molar-refractivity contribution in [3.05, 3.63) is 0 Å². The van der Waals surface area contributed by atoms with Crippen molar-refractivity contribution in [3.63, 3.8) is 0 Å². The fourth-order valence-corrected chi connectivity index (χ4v) is 1.76. The molecule has 3 atom stereocenters. The van der Waals surface area contributed by atoms with Crippen molar-refractivity contribution in [2.75, 3.05) is 6.54 Å². The fraction of sp³-hybridized carbons (Fsp3) is 0.778. The summed E-state index contributed by atoms with van der Waals surface area (Å²) in [5.74, 6) is -0.787. The van der Waals surface area contributed by atoms with Crippen LogP contribution in [0.25, 0.3) is 0 Å². The summed E-state index contributed by atoms with van der Waals surface area (Å²) in [5, 5.41) is 8.59. The second-order valence-corrected chi connectivity index (χ2v) is 3.75. The maximum Gasteiger partial charge on any atom is 0.323 e. The third-order valence-corrected chi connectivity index (χ3v) is 3.02. The van der Waals surface area contributed by atoms with Gasteiger partial charge in [-0.05, 0) is 12.8 Å². The molecular formula is C9H15NO3. The quantitative estimate of drug-likeness (QED) is 0.684. The first-order chi connectivity index (χ1) is 5.95. The Morgan fingerprint density at radius 1 is 1.46 bits per heavy atom. The van der Waals surface area contributed by atoms with Crippen molar-refractivity contribution < 1.29 is 14.7 Å². The lowest BCUT2D eigenvalue weighted by Crippen LogP contribution is -2.37. The van der Waals surface area contributed by atoms with Crippen molar-refractivity contribution in [1.82, 2.24) is 4.90 Å². The molecule has 1 fully saturated rings. The van der Waals surface area contributed by atoms with Crippen molar-refractivity contribution in [2.24, 2.45) is 11.8 Å². The molecule has 0 aromatic carbocycles. The topological polar surface area (TPSA) is 57.6 Å². The minimum Gasteiger partial charge on any atom is -0.480 e. The maximum atomic E-state index is 11.5. The maximum absolute atomic E-state index is 11.5. The summed E-state index contributed by atoms with van der Waals surface area (Å²) in [7, 11) is 0. The van der Waals surface area contributed by atoms with Crippen LogP contribution in [0.15, 0.2) is 0 Å². The predicted molar refractivity (Wildman–Crippen MR) is 47.1 cm³/mol. The van der Waals surface area contributed by atoms with Crippen LogP contribution >= 0.6 is 0 Å². The van der Waals surface area contributed by atoms with Crippen LogP contribution in [0.2, 0.25) is 0 Å². The Balaban J connectivity index is 2.75. The van der Waals surface area contributed by atoms with Crippen LogP contribution in [0.3, 0.4) is 0 Å². The number of rotatable bonds is 2. The largest absolute Gasteiger partial charge is 0.480 e. The number of likely N-dealkylation sites (tertiary alicyclic amines) is 1. The van der Waals surface area contributed by atoms with E-state index in [-0.39, 0.29) is 30.3 Å². The molecule has 1 heterocycles. The SMILES string of the molecule is CC1C(=O)N(CC(=O)O)C(C)C1C. The van der Waals surface area contributed by atoms with Gasteiger partial charge in [-0.3, -0.25) is 9.59 Å². The lowest BCUT2D eigenvalue weighted by atomic mass is 9.95. The number of hydrogen-bond acceptors (Lipinski definition) is 2. The van der Waals surface area contributed by atoms with Crippen LogP contribution in [-0.4, -0.2) is 34.5 Å². The molecule has 1 N–H and O–H groups in total. The van der Waals surface area contributed by atoms with Gasteiger partial charge in [-0.2, -0.15) is 0 Å². The molecule has 0 radical (unpaired) electrons. The average Bonchev–Trinajstić information content (AvgIpc) is 2.22. The van der Waals surface area contributed by atoms with Gasteiger partial charge in [0.2, 0.25) is 5.91 Å². The van der Waals surface area contributed by atoms with Crippen LogP contribution in [-0.2, 0) is 9.59 Å². The van der Waals surface area contributed by atoms with Crippen LogP contribution in [0.4, 0.5) is 0 Å². The zero-order valence-electron chi connectivity index (χ0n) is 8.15. The number of nitrogens with zero attached hydrogens (tertiary/aromatic N) is 1. The molecule has 0 saturated carbocycles. The molecule has 1 rings (SSSR count). The second kappa shape index (κ2) is 3.36. The number of carboxylic acid groups (broad SMARTS) is 1. The van der Waals surface area contributed by atoms with Gasteiger partial charge in [-0.25, -0.2) is 0 Å². The molecule has 74 valence electrons. The van der Waals surface area contributed by atoms with E-state index in [4.69, 9.17) is 5.11 Å². The Labute approximate surface area is 77.5 Å². The first kappa shape index (κ1) is 10.0. The molecule has 1 amide bonds. The number of aliphatic carboxylic acids is 1. The highest BCUT2D eigenvalue weighted by Gasteiger charge is 2.40. The van der Waals surface area contributed by atoms with E-state index in [1.807, 2.05) is 20.8 Å². The molecule has 1 aliphatic rings. The lowest BCUT2D eigenvalue weighted by Gasteiger charge is -2.20. The first-order valence-electron chi connectivity index (χ1n) is 4.47. The molecule has 0 bridgehead atoms. The summed E-state index contributed by atoms with van der Waals surface area (Å²) >= 11 is 0. The van der Waals surface area contributed by atoms with Gasteiger partial charge in [0.1, 0.15) is 6.54 Å².